The molecule has 168 valence electrons. The maximum atomic E-state index is 14.3. The highest BCUT2D eigenvalue weighted by Crippen LogP contribution is 2.22. The third-order valence-corrected chi connectivity index (χ3v) is 5.68. The van der Waals surface area contributed by atoms with Crippen molar-refractivity contribution < 1.29 is 28.3 Å². The number of ether oxygens (including phenoxy) is 1. The second-order valence-corrected chi connectivity index (χ2v) is 7.88. The van der Waals surface area contributed by atoms with Crippen molar-refractivity contribution in [2.45, 2.75) is 32.6 Å². The van der Waals surface area contributed by atoms with Gasteiger partial charge in [-0.25, -0.2) is 4.39 Å². The van der Waals surface area contributed by atoms with E-state index in [1.54, 1.807) is 17.0 Å². The highest BCUT2D eigenvalue weighted by molar-refractivity contribution is 5.94. The Kier molecular flexibility index (Phi) is 7.59. The van der Waals surface area contributed by atoms with Gasteiger partial charge < -0.3 is 19.4 Å². The smallest absolute Gasteiger partial charge is 0.326 e. The zero-order chi connectivity index (χ0) is 22.4. The Bertz CT molecular complexity index is 852. The van der Waals surface area contributed by atoms with Crippen molar-refractivity contribution in [3.63, 3.8) is 0 Å². The number of benzene rings is 1. The molecule has 1 aromatic carbocycles. The summed E-state index contributed by atoms with van der Waals surface area (Å²) in [7, 11) is 0. The zero-order valence-electron chi connectivity index (χ0n) is 17.8. The molecule has 2 aliphatic heterocycles. The average Bonchev–Trinajstić information content (AvgIpc) is 2.96. The fourth-order valence-corrected chi connectivity index (χ4v) is 3.82. The Morgan fingerprint density at radius 1 is 1.03 bits per heavy atom. The molecule has 0 unspecified atom stereocenters. The van der Waals surface area contributed by atoms with E-state index in [-0.39, 0.29) is 30.7 Å². The Labute approximate surface area is 180 Å². The number of nitrogens with zero attached hydrogens (tertiary/aromatic N) is 3. The number of hydrogen-bond acceptors (Lipinski definition) is 6. The van der Waals surface area contributed by atoms with Crippen LogP contribution < -0.4 is 4.90 Å². The van der Waals surface area contributed by atoms with Crippen LogP contribution in [0.2, 0.25) is 0 Å². The number of halogens is 1. The number of hydrogen-bond donors (Lipinski definition) is 0. The molecule has 31 heavy (non-hydrogen) atoms. The highest BCUT2D eigenvalue weighted by atomic mass is 19.1. The van der Waals surface area contributed by atoms with Crippen molar-refractivity contribution in [3.05, 3.63) is 29.6 Å². The maximum absolute atomic E-state index is 14.3. The number of amides is 2. The topological polar surface area (TPSA) is 87.2 Å². The van der Waals surface area contributed by atoms with Crippen molar-refractivity contribution in [2.24, 2.45) is 0 Å². The van der Waals surface area contributed by atoms with Crippen LogP contribution in [-0.2, 0) is 19.1 Å². The number of esters is 1. The third kappa shape index (κ3) is 6.02. The summed E-state index contributed by atoms with van der Waals surface area (Å²) in [6.45, 7) is 3.02. The van der Waals surface area contributed by atoms with Crippen molar-refractivity contribution in [1.29, 1.82) is 0 Å². The number of Topliss-reactive ketones (excluding diaryl/α,β-unsaturated/α-hetero) is 1. The molecule has 3 rings (SSSR count). The lowest BCUT2D eigenvalue weighted by Gasteiger charge is -2.36. The first-order chi connectivity index (χ1) is 14.8. The minimum atomic E-state index is -0.588. The molecule has 2 fully saturated rings. The van der Waals surface area contributed by atoms with Crippen LogP contribution in [0.15, 0.2) is 18.2 Å². The number of anilines is 1. The molecule has 1 aromatic rings. The van der Waals surface area contributed by atoms with E-state index < -0.39 is 11.8 Å². The number of carbonyl (C=O) groups is 4. The van der Waals surface area contributed by atoms with E-state index in [4.69, 9.17) is 4.74 Å². The highest BCUT2D eigenvalue weighted by Gasteiger charge is 2.25. The summed E-state index contributed by atoms with van der Waals surface area (Å²) in [6.07, 6.45) is 3.10. The van der Waals surface area contributed by atoms with Crippen LogP contribution in [0.3, 0.4) is 0 Å². The minimum absolute atomic E-state index is 0.0551. The van der Waals surface area contributed by atoms with Gasteiger partial charge in [0.25, 0.3) is 5.91 Å². The van der Waals surface area contributed by atoms with E-state index in [1.807, 2.05) is 4.90 Å². The molecule has 0 radical (unpaired) electrons. The lowest BCUT2D eigenvalue weighted by molar-refractivity contribution is -0.154. The van der Waals surface area contributed by atoms with E-state index in [9.17, 15) is 23.6 Å². The monoisotopic (exact) mass is 433 g/mol. The van der Waals surface area contributed by atoms with Crippen molar-refractivity contribution in [1.82, 2.24) is 9.80 Å². The van der Waals surface area contributed by atoms with Gasteiger partial charge in [-0.05, 0) is 38.0 Å². The molecule has 0 aromatic heterocycles. The second-order valence-electron chi connectivity index (χ2n) is 7.88. The molecule has 0 N–H and O–H groups in total. The average molecular weight is 433 g/mol. The first kappa shape index (κ1) is 22.7. The number of likely N-dealkylation sites (tertiary alicyclic amines) is 1. The molecular formula is C22H28FN3O5. The van der Waals surface area contributed by atoms with Gasteiger partial charge in [0.05, 0.1) is 5.69 Å². The fourth-order valence-electron chi connectivity index (χ4n) is 3.82. The van der Waals surface area contributed by atoms with Gasteiger partial charge >= 0.3 is 5.97 Å². The molecule has 0 bridgehead atoms. The van der Waals surface area contributed by atoms with Gasteiger partial charge in [0, 0.05) is 44.7 Å². The van der Waals surface area contributed by atoms with Gasteiger partial charge in [-0.2, -0.15) is 0 Å². The Morgan fingerprint density at radius 3 is 2.45 bits per heavy atom. The van der Waals surface area contributed by atoms with E-state index in [2.05, 4.69) is 0 Å². The Morgan fingerprint density at radius 2 is 1.77 bits per heavy atom. The molecule has 2 saturated heterocycles. The van der Waals surface area contributed by atoms with Crippen molar-refractivity contribution in [2.75, 3.05) is 50.8 Å². The molecular weight excluding hydrogens is 405 g/mol. The third-order valence-electron chi connectivity index (χ3n) is 5.68. The molecule has 0 aliphatic carbocycles. The van der Waals surface area contributed by atoms with Gasteiger partial charge in [0.15, 0.2) is 12.4 Å². The molecule has 2 amide bonds. The first-order valence-electron chi connectivity index (χ1n) is 10.6. The lowest BCUT2D eigenvalue weighted by Crippen LogP contribution is -2.50. The molecule has 0 atom stereocenters. The first-order valence-corrected chi connectivity index (χ1v) is 10.6. The molecule has 2 heterocycles. The van der Waals surface area contributed by atoms with Gasteiger partial charge in [-0.15, -0.1) is 0 Å². The minimum Gasteiger partial charge on any atom is -0.454 e. The van der Waals surface area contributed by atoms with Crippen LogP contribution in [0, 0.1) is 5.82 Å². The summed E-state index contributed by atoms with van der Waals surface area (Å²) in [5, 5.41) is 0. The van der Waals surface area contributed by atoms with Crippen LogP contribution in [-0.4, -0.2) is 79.2 Å². The second kappa shape index (κ2) is 10.4. The van der Waals surface area contributed by atoms with E-state index in [1.165, 1.54) is 17.9 Å². The summed E-state index contributed by atoms with van der Waals surface area (Å²) in [5.74, 6) is -1.63. The van der Waals surface area contributed by atoms with E-state index >= 15 is 0 Å². The summed E-state index contributed by atoms with van der Waals surface area (Å²) in [4.78, 5) is 52.6. The number of rotatable bonds is 6. The standard InChI is InChI=1S/C22H28FN3O5/c1-16(27)17-6-7-19(18(23)13-17)24-9-11-25(12-10-24)21(29)15-31-22(30)14-26-8-4-2-3-5-20(26)28/h6-7,13H,2-5,8-12,14-15H2,1H3. The van der Waals surface area contributed by atoms with Crippen molar-refractivity contribution in [3.8, 4) is 0 Å². The van der Waals surface area contributed by atoms with Gasteiger partial charge in [-0.1, -0.05) is 6.42 Å². The Hall–Kier alpha value is -2.97. The largest absolute Gasteiger partial charge is 0.454 e. The van der Waals surface area contributed by atoms with E-state index in [0.29, 0.717) is 50.4 Å². The predicted octanol–water partition coefficient (Wildman–Crippen LogP) is 1.62. The van der Waals surface area contributed by atoms with Crippen LogP contribution in [0.25, 0.3) is 0 Å². The zero-order valence-corrected chi connectivity index (χ0v) is 17.8. The summed E-state index contributed by atoms with van der Waals surface area (Å²) in [6, 6.07) is 4.39. The number of carbonyl (C=O) groups excluding carboxylic acids is 4. The maximum Gasteiger partial charge on any atom is 0.326 e. The molecule has 9 heteroatoms. The quantitative estimate of drug-likeness (QED) is 0.501. The van der Waals surface area contributed by atoms with Crippen LogP contribution in [0.4, 0.5) is 10.1 Å². The SMILES string of the molecule is CC(=O)c1ccc(N2CCN(C(=O)COC(=O)CN3CCCCCC3=O)CC2)c(F)c1. The normalized spacial score (nSPS) is 17.4. The van der Waals surface area contributed by atoms with Gasteiger partial charge in [0.1, 0.15) is 12.4 Å². The van der Waals surface area contributed by atoms with Crippen LogP contribution in [0.1, 0.15) is 43.0 Å². The summed E-state index contributed by atoms with van der Waals surface area (Å²) in [5.41, 5.74) is 0.712. The predicted molar refractivity (Wildman–Crippen MR) is 111 cm³/mol. The fraction of sp³-hybridized carbons (Fsp3) is 0.545. The molecule has 2 aliphatic rings. The number of piperazine rings is 1. The van der Waals surface area contributed by atoms with E-state index in [0.717, 1.165) is 19.3 Å². The van der Waals surface area contributed by atoms with Crippen molar-refractivity contribution >= 4 is 29.3 Å². The van der Waals surface area contributed by atoms with Gasteiger partial charge in [0.2, 0.25) is 5.91 Å². The Balaban J connectivity index is 1.44. The van der Waals surface area contributed by atoms with Crippen LogP contribution >= 0.6 is 0 Å². The molecule has 0 saturated carbocycles. The van der Waals surface area contributed by atoms with Gasteiger partial charge in [-0.3, -0.25) is 19.2 Å². The molecule has 0 spiro atoms. The summed E-state index contributed by atoms with van der Waals surface area (Å²) >= 11 is 0. The summed E-state index contributed by atoms with van der Waals surface area (Å²) < 4.78 is 19.4. The van der Waals surface area contributed by atoms with Crippen LogP contribution in [0.5, 0.6) is 0 Å². The lowest BCUT2D eigenvalue weighted by atomic mass is 10.1. The number of ketones is 1. The molecule has 8 nitrogen and oxygen atoms in total.